The summed E-state index contributed by atoms with van der Waals surface area (Å²) in [7, 11) is 0. The fourth-order valence-electron chi connectivity index (χ4n) is 2.54. The number of hydrogen-bond acceptors (Lipinski definition) is 3. The first-order chi connectivity index (χ1) is 10.1. The largest absolute Gasteiger partial charge is 0.351 e. The van der Waals surface area contributed by atoms with E-state index in [1.165, 1.54) is 0 Å². The van der Waals surface area contributed by atoms with Gasteiger partial charge in [0.05, 0.1) is 0 Å². The average molecular weight is 326 g/mol. The Bertz CT molecular complexity index is 534. The van der Waals surface area contributed by atoms with Crippen LogP contribution in [0.5, 0.6) is 0 Å². The number of anilines is 1. The van der Waals surface area contributed by atoms with Gasteiger partial charge in [0.1, 0.15) is 0 Å². The van der Waals surface area contributed by atoms with Crippen molar-refractivity contribution in [3.8, 4) is 0 Å². The Morgan fingerprint density at radius 1 is 1.23 bits per heavy atom. The molecule has 1 heterocycles. The maximum Gasteiger partial charge on any atom is 0.251 e. The molecular formula is C16H24ClN3O2. The van der Waals surface area contributed by atoms with Gasteiger partial charge >= 0.3 is 0 Å². The number of nitrogens with one attached hydrogen (secondary N) is 2. The minimum atomic E-state index is -0.0580. The third kappa shape index (κ3) is 4.45. The molecule has 0 bridgehead atoms. The average Bonchev–Trinajstić information content (AvgIpc) is 2.90. The summed E-state index contributed by atoms with van der Waals surface area (Å²) in [5.41, 5.74) is 2.67. The lowest BCUT2D eigenvalue weighted by atomic mass is 10.1. The summed E-state index contributed by atoms with van der Waals surface area (Å²) in [4.78, 5) is 25.3. The molecule has 0 aromatic heterocycles. The molecule has 0 spiro atoms. The lowest BCUT2D eigenvalue weighted by molar-refractivity contribution is -0.116. The van der Waals surface area contributed by atoms with Gasteiger partial charge in [-0.25, -0.2) is 0 Å². The summed E-state index contributed by atoms with van der Waals surface area (Å²) in [6.07, 6.45) is 1.90. The first kappa shape index (κ1) is 18.5. The molecule has 0 saturated carbocycles. The van der Waals surface area contributed by atoms with Crippen LogP contribution in [0.2, 0.25) is 0 Å². The van der Waals surface area contributed by atoms with E-state index in [0.717, 1.165) is 37.2 Å². The van der Waals surface area contributed by atoms with E-state index in [1.807, 2.05) is 12.1 Å². The van der Waals surface area contributed by atoms with Crippen molar-refractivity contribution < 1.29 is 9.59 Å². The molecule has 5 nitrogen and oxygen atoms in total. The highest BCUT2D eigenvalue weighted by atomic mass is 35.5. The molecule has 0 fully saturated rings. The van der Waals surface area contributed by atoms with Gasteiger partial charge in [0.15, 0.2) is 0 Å². The molecule has 0 unspecified atom stereocenters. The number of benzene rings is 1. The van der Waals surface area contributed by atoms with E-state index in [9.17, 15) is 9.59 Å². The van der Waals surface area contributed by atoms with Crippen molar-refractivity contribution in [1.29, 1.82) is 0 Å². The van der Waals surface area contributed by atoms with E-state index in [4.69, 9.17) is 0 Å². The van der Waals surface area contributed by atoms with Gasteiger partial charge < -0.3 is 15.5 Å². The summed E-state index contributed by atoms with van der Waals surface area (Å²) in [6, 6.07) is 5.55. The number of fused-ring (bicyclic) bond motifs is 1. The molecule has 22 heavy (non-hydrogen) atoms. The van der Waals surface area contributed by atoms with Gasteiger partial charge in [-0.05, 0) is 43.1 Å². The van der Waals surface area contributed by atoms with Gasteiger partial charge in [0.2, 0.25) is 5.91 Å². The Hall–Kier alpha value is -1.59. The first-order valence-corrected chi connectivity index (χ1v) is 7.53. The third-order valence-corrected chi connectivity index (χ3v) is 3.63. The zero-order valence-corrected chi connectivity index (χ0v) is 14.0. The third-order valence-electron chi connectivity index (χ3n) is 3.63. The number of halogens is 1. The van der Waals surface area contributed by atoms with E-state index in [2.05, 4.69) is 17.6 Å². The number of carbonyl (C=O) groups is 2. The molecular weight excluding hydrogens is 302 g/mol. The fourth-order valence-corrected chi connectivity index (χ4v) is 2.54. The Kier molecular flexibility index (Phi) is 7.35. The van der Waals surface area contributed by atoms with E-state index in [-0.39, 0.29) is 24.2 Å². The monoisotopic (exact) mass is 325 g/mol. The van der Waals surface area contributed by atoms with Crippen molar-refractivity contribution in [2.45, 2.75) is 26.7 Å². The van der Waals surface area contributed by atoms with Crippen LogP contribution >= 0.6 is 12.4 Å². The van der Waals surface area contributed by atoms with Crippen molar-refractivity contribution in [3.05, 3.63) is 29.3 Å². The molecule has 122 valence electrons. The first-order valence-electron chi connectivity index (χ1n) is 7.53. The Morgan fingerprint density at radius 3 is 2.68 bits per heavy atom. The highest BCUT2D eigenvalue weighted by molar-refractivity contribution is 5.97. The second-order valence-electron chi connectivity index (χ2n) is 5.27. The van der Waals surface area contributed by atoms with Crippen LogP contribution in [-0.4, -0.2) is 38.0 Å². The maximum atomic E-state index is 12.1. The molecule has 1 aliphatic heterocycles. The van der Waals surface area contributed by atoms with E-state index in [0.29, 0.717) is 18.7 Å². The summed E-state index contributed by atoms with van der Waals surface area (Å²) in [6.45, 7) is 6.75. The van der Waals surface area contributed by atoms with Crippen molar-refractivity contribution in [3.63, 3.8) is 0 Å². The molecule has 0 aliphatic carbocycles. The molecule has 0 radical (unpaired) electrons. The smallest absolute Gasteiger partial charge is 0.251 e. The molecule has 2 rings (SSSR count). The van der Waals surface area contributed by atoms with E-state index >= 15 is 0 Å². The topological polar surface area (TPSA) is 61.4 Å². The predicted octanol–water partition coefficient (Wildman–Crippen LogP) is 1.75. The van der Waals surface area contributed by atoms with Crippen LogP contribution in [0.25, 0.3) is 0 Å². The second kappa shape index (κ2) is 8.76. The lowest BCUT2D eigenvalue weighted by Crippen LogP contribution is -2.32. The van der Waals surface area contributed by atoms with Crippen molar-refractivity contribution >= 4 is 29.9 Å². The SMILES string of the molecule is CCCNCCNC(=O)c1ccc2c(c1)CCN2C(C)=O.Cl. The number of carbonyl (C=O) groups excluding carboxylic acids is 2. The zero-order chi connectivity index (χ0) is 15.2. The summed E-state index contributed by atoms with van der Waals surface area (Å²) >= 11 is 0. The Morgan fingerprint density at radius 2 is 2.00 bits per heavy atom. The lowest BCUT2D eigenvalue weighted by Gasteiger charge is -2.14. The molecule has 1 aromatic rings. The summed E-state index contributed by atoms with van der Waals surface area (Å²) in [5, 5.41) is 6.14. The quantitative estimate of drug-likeness (QED) is 0.783. The molecule has 2 N–H and O–H groups in total. The van der Waals surface area contributed by atoms with Crippen LogP contribution in [0.1, 0.15) is 36.2 Å². The van der Waals surface area contributed by atoms with Gasteiger partial charge in [-0.15, -0.1) is 12.4 Å². The zero-order valence-electron chi connectivity index (χ0n) is 13.1. The summed E-state index contributed by atoms with van der Waals surface area (Å²) < 4.78 is 0. The van der Waals surface area contributed by atoms with Gasteiger partial charge in [0.25, 0.3) is 5.91 Å². The Balaban J connectivity index is 0.00000242. The standard InChI is InChI=1S/C16H23N3O2.ClH/c1-3-7-17-8-9-18-16(21)14-4-5-15-13(11-14)6-10-19(15)12(2)20;/h4-5,11,17H,3,6-10H2,1-2H3,(H,18,21);1H. The normalized spacial score (nSPS) is 12.5. The molecule has 1 aliphatic rings. The van der Waals surface area contributed by atoms with Crippen LogP contribution < -0.4 is 15.5 Å². The van der Waals surface area contributed by atoms with Crippen LogP contribution in [0.4, 0.5) is 5.69 Å². The molecule has 6 heteroatoms. The van der Waals surface area contributed by atoms with E-state index in [1.54, 1.807) is 17.9 Å². The van der Waals surface area contributed by atoms with E-state index < -0.39 is 0 Å². The fraction of sp³-hybridized carbons (Fsp3) is 0.500. The van der Waals surface area contributed by atoms with Crippen molar-refractivity contribution in [2.24, 2.45) is 0 Å². The van der Waals surface area contributed by atoms with Crippen molar-refractivity contribution in [2.75, 3.05) is 31.1 Å². The Labute approximate surface area is 137 Å². The molecule has 2 amide bonds. The van der Waals surface area contributed by atoms with Gasteiger partial charge in [-0.1, -0.05) is 6.92 Å². The number of nitrogens with zero attached hydrogens (tertiary/aromatic N) is 1. The minimum Gasteiger partial charge on any atom is -0.351 e. The molecule has 0 atom stereocenters. The second-order valence-corrected chi connectivity index (χ2v) is 5.27. The van der Waals surface area contributed by atoms with Crippen LogP contribution in [-0.2, 0) is 11.2 Å². The minimum absolute atomic E-state index is 0. The number of amides is 2. The predicted molar refractivity (Wildman–Crippen MR) is 90.9 cm³/mol. The van der Waals surface area contributed by atoms with Gasteiger partial charge in [-0.3, -0.25) is 9.59 Å². The number of hydrogen-bond donors (Lipinski definition) is 2. The molecule has 0 saturated heterocycles. The molecule has 1 aromatic carbocycles. The van der Waals surface area contributed by atoms with Crippen molar-refractivity contribution in [1.82, 2.24) is 10.6 Å². The van der Waals surface area contributed by atoms with Gasteiger partial charge in [-0.2, -0.15) is 0 Å². The highest BCUT2D eigenvalue weighted by Gasteiger charge is 2.22. The number of rotatable bonds is 6. The van der Waals surface area contributed by atoms with Crippen LogP contribution in [0, 0.1) is 0 Å². The van der Waals surface area contributed by atoms with Crippen LogP contribution in [0.3, 0.4) is 0 Å². The highest BCUT2D eigenvalue weighted by Crippen LogP contribution is 2.28. The maximum absolute atomic E-state index is 12.1. The summed E-state index contributed by atoms with van der Waals surface area (Å²) in [5.74, 6) is -0.00896. The van der Waals surface area contributed by atoms with Crippen LogP contribution in [0.15, 0.2) is 18.2 Å². The van der Waals surface area contributed by atoms with Gasteiger partial charge in [0, 0.05) is 37.8 Å².